The summed E-state index contributed by atoms with van der Waals surface area (Å²) < 4.78 is 1.20. The number of hydrogen-bond acceptors (Lipinski definition) is 7. The highest BCUT2D eigenvalue weighted by molar-refractivity contribution is 6.08. The fourth-order valence-electron chi connectivity index (χ4n) is 4.33. The van der Waals surface area contributed by atoms with Crippen LogP contribution < -0.4 is 15.5 Å². The number of hydrogen-bond donors (Lipinski definition) is 4. The summed E-state index contributed by atoms with van der Waals surface area (Å²) >= 11 is 0. The monoisotopic (exact) mass is 492 g/mol. The maximum atomic E-state index is 13.2. The first-order valence-corrected chi connectivity index (χ1v) is 12.3. The lowest BCUT2D eigenvalue weighted by Gasteiger charge is -2.28. The number of phenolic OH excluding ortho intramolecular Hbond substituents is 2. The van der Waals surface area contributed by atoms with Crippen LogP contribution in [-0.4, -0.2) is 56.7 Å². The van der Waals surface area contributed by atoms with Crippen molar-refractivity contribution in [2.75, 3.05) is 29.9 Å². The van der Waals surface area contributed by atoms with E-state index in [1.165, 1.54) is 17.2 Å². The number of aromatic nitrogens is 3. The molecule has 2 aromatic carbocycles. The van der Waals surface area contributed by atoms with Gasteiger partial charge in [-0.3, -0.25) is 9.59 Å². The third-order valence-corrected chi connectivity index (χ3v) is 6.28. The van der Waals surface area contributed by atoms with Gasteiger partial charge in [-0.05, 0) is 68.0 Å². The van der Waals surface area contributed by atoms with Crippen molar-refractivity contribution in [2.45, 2.75) is 46.0 Å². The Morgan fingerprint density at radius 1 is 1.00 bits per heavy atom. The second kappa shape index (κ2) is 10.7. The summed E-state index contributed by atoms with van der Waals surface area (Å²) in [5.74, 6) is -1.33. The molecule has 0 unspecified atom stereocenters. The van der Waals surface area contributed by atoms with Crippen LogP contribution >= 0.6 is 0 Å². The maximum Gasteiger partial charge on any atom is 0.275 e. The lowest BCUT2D eigenvalue weighted by atomic mass is 10.0. The van der Waals surface area contributed by atoms with Gasteiger partial charge in [-0.1, -0.05) is 19.1 Å². The van der Waals surface area contributed by atoms with E-state index in [9.17, 15) is 19.8 Å². The van der Waals surface area contributed by atoms with E-state index in [1.807, 2.05) is 26.0 Å². The normalized spacial score (nSPS) is 13.6. The van der Waals surface area contributed by atoms with E-state index in [4.69, 9.17) is 0 Å². The van der Waals surface area contributed by atoms with Gasteiger partial charge in [0.05, 0.1) is 0 Å². The highest BCUT2D eigenvalue weighted by Gasteiger charge is 2.25. The fraction of sp³-hybridized carbons (Fsp3) is 0.385. The van der Waals surface area contributed by atoms with Crippen LogP contribution in [0.4, 0.5) is 11.5 Å². The van der Waals surface area contributed by atoms with Gasteiger partial charge < -0.3 is 25.7 Å². The molecule has 0 atom stereocenters. The zero-order chi connectivity index (χ0) is 25.8. The standard InChI is InChI=1S/C26H32N6O4/c1-4-27-26(36)23-24(32(30-29-23)20-14-19(16(2)3)21(33)15-22(20)34)28-25(35)17-8-10-18(11-9-17)31-12-6-5-7-13-31/h8-11,14-16,33-34H,4-7,12-13H2,1-3H3,(H,27,36)(H,28,35). The Morgan fingerprint density at radius 3 is 2.33 bits per heavy atom. The van der Waals surface area contributed by atoms with Gasteiger partial charge >= 0.3 is 0 Å². The molecular weight excluding hydrogens is 460 g/mol. The summed E-state index contributed by atoms with van der Waals surface area (Å²) in [6, 6.07) is 10.1. The minimum atomic E-state index is -0.512. The van der Waals surface area contributed by atoms with Crippen molar-refractivity contribution in [3.05, 3.63) is 53.2 Å². The minimum Gasteiger partial charge on any atom is -0.508 e. The van der Waals surface area contributed by atoms with Crippen LogP contribution in [0.1, 0.15) is 72.4 Å². The Bertz CT molecular complexity index is 1250. The maximum absolute atomic E-state index is 13.2. The minimum absolute atomic E-state index is 0.0155. The zero-order valence-corrected chi connectivity index (χ0v) is 20.8. The number of amides is 2. The Hall–Kier alpha value is -4.08. The van der Waals surface area contributed by atoms with Crippen LogP contribution in [0, 0.1) is 0 Å². The SMILES string of the molecule is CCNC(=O)c1nnn(-c2cc(C(C)C)c(O)cc2O)c1NC(=O)c1ccc(N2CCCCC2)cc1. The van der Waals surface area contributed by atoms with Crippen molar-refractivity contribution >= 4 is 23.3 Å². The first-order valence-electron chi connectivity index (χ1n) is 12.3. The molecule has 2 amide bonds. The van der Waals surface area contributed by atoms with Gasteiger partial charge in [0.15, 0.2) is 11.5 Å². The van der Waals surface area contributed by atoms with E-state index in [2.05, 4.69) is 25.8 Å². The summed E-state index contributed by atoms with van der Waals surface area (Å²) in [6.07, 6.45) is 3.55. The van der Waals surface area contributed by atoms with Gasteiger partial charge in [-0.25, -0.2) is 0 Å². The summed E-state index contributed by atoms with van der Waals surface area (Å²) in [5.41, 5.74) is 2.13. The largest absolute Gasteiger partial charge is 0.508 e. The van der Waals surface area contributed by atoms with Crippen molar-refractivity contribution in [3.8, 4) is 17.2 Å². The molecule has 10 nitrogen and oxygen atoms in total. The molecule has 1 aliphatic heterocycles. The van der Waals surface area contributed by atoms with Crippen LogP contribution in [0.15, 0.2) is 36.4 Å². The molecule has 0 saturated carbocycles. The number of carbonyl (C=O) groups is 2. The van der Waals surface area contributed by atoms with Crippen molar-refractivity contribution in [1.29, 1.82) is 0 Å². The number of aromatic hydroxyl groups is 2. The molecule has 4 rings (SSSR count). The van der Waals surface area contributed by atoms with Crippen molar-refractivity contribution in [3.63, 3.8) is 0 Å². The molecule has 0 radical (unpaired) electrons. The van der Waals surface area contributed by atoms with Crippen LogP contribution in [0.3, 0.4) is 0 Å². The van der Waals surface area contributed by atoms with Crippen molar-refractivity contribution < 1.29 is 19.8 Å². The molecule has 0 spiro atoms. The second-order valence-corrected chi connectivity index (χ2v) is 9.16. The molecule has 10 heteroatoms. The lowest BCUT2D eigenvalue weighted by molar-refractivity contribution is 0.0951. The van der Waals surface area contributed by atoms with Gasteiger partial charge in [0.25, 0.3) is 11.8 Å². The Morgan fingerprint density at radius 2 is 1.69 bits per heavy atom. The Labute approximate surface area is 209 Å². The van der Waals surface area contributed by atoms with Crippen molar-refractivity contribution in [1.82, 2.24) is 20.3 Å². The smallest absolute Gasteiger partial charge is 0.275 e. The topological polar surface area (TPSA) is 133 Å². The molecule has 0 bridgehead atoms. The van der Waals surface area contributed by atoms with Gasteiger partial charge in [-0.15, -0.1) is 5.10 Å². The van der Waals surface area contributed by atoms with E-state index in [1.54, 1.807) is 25.1 Å². The average Bonchev–Trinajstić information content (AvgIpc) is 3.28. The quantitative estimate of drug-likeness (QED) is 0.394. The van der Waals surface area contributed by atoms with Crippen LogP contribution in [0.2, 0.25) is 0 Å². The zero-order valence-electron chi connectivity index (χ0n) is 20.8. The average molecular weight is 493 g/mol. The van der Waals surface area contributed by atoms with E-state index in [0.29, 0.717) is 17.7 Å². The molecule has 1 aromatic heterocycles. The Balaban J connectivity index is 1.68. The predicted octanol–water partition coefficient (Wildman–Crippen LogP) is 3.79. The summed E-state index contributed by atoms with van der Waals surface area (Å²) in [6.45, 7) is 7.92. The van der Waals surface area contributed by atoms with Crippen molar-refractivity contribution in [2.24, 2.45) is 0 Å². The summed E-state index contributed by atoms with van der Waals surface area (Å²) in [7, 11) is 0. The van der Waals surface area contributed by atoms with E-state index >= 15 is 0 Å². The molecule has 4 N–H and O–H groups in total. The van der Waals surface area contributed by atoms with E-state index in [0.717, 1.165) is 31.6 Å². The predicted molar refractivity (Wildman–Crippen MR) is 137 cm³/mol. The molecule has 1 fully saturated rings. The number of anilines is 2. The number of nitrogens with one attached hydrogen (secondary N) is 2. The van der Waals surface area contributed by atoms with E-state index < -0.39 is 11.8 Å². The second-order valence-electron chi connectivity index (χ2n) is 9.16. The first kappa shape index (κ1) is 25.0. The molecular formula is C26H32N6O4. The molecule has 2 heterocycles. The summed E-state index contributed by atoms with van der Waals surface area (Å²) in [5, 5.41) is 34.2. The lowest BCUT2D eigenvalue weighted by Crippen LogP contribution is -2.29. The summed E-state index contributed by atoms with van der Waals surface area (Å²) in [4.78, 5) is 28.2. The third kappa shape index (κ3) is 5.12. The number of phenols is 2. The van der Waals surface area contributed by atoms with Gasteiger partial charge in [0.2, 0.25) is 0 Å². The van der Waals surface area contributed by atoms with Crippen LogP contribution in [0.25, 0.3) is 5.69 Å². The van der Waals surface area contributed by atoms with E-state index in [-0.39, 0.29) is 34.6 Å². The number of nitrogens with zero attached hydrogens (tertiary/aromatic N) is 4. The number of carbonyl (C=O) groups excluding carboxylic acids is 2. The highest BCUT2D eigenvalue weighted by atomic mass is 16.3. The van der Waals surface area contributed by atoms with Gasteiger partial charge in [0, 0.05) is 37.0 Å². The highest BCUT2D eigenvalue weighted by Crippen LogP contribution is 2.35. The molecule has 1 saturated heterocycles. The molecule has 36 heavy (non-hydrogen) atoms. The molecule has 190 valence electrons. The van der Waals surface area contributed by atoms with Gasteiger partial charge in [0.1, 0.15) is 17.2 Å². The van der Waals surface area contributed by atoms with Gasteiger partial charge in [-0.2, -0.15) is 4.68 Å². The third-order valence-electron chi connectivity index (χ3n) is 6.28. The molecule has 1 aliphatic rings. The fourth-order valence-corrected chi connectivity index (χ4v) is 4.33. The van der Waals surface area contributed by atoms with Crippen LogP contribution in [0.5, 0.6) is 11.5 Å². The first-order chi connectivity index (χ1) is 17.3. The number of piperidine rings is 1. The number of rotatable bonds is 7. The Kier molecular flexibility index (Phi) is 7.42. The number of benzene rings is 2. The molecule has 3 aromatic rings. The molecule has 0 aliphatic carbocycles. The van der Waals surface area contributed by atoms with Crippen LogP contribution in [-0.2, 0) is 0 Å².